The summed E-state index contributed by atoms with van der Waals surface area (Å²) in [4.78, 5) is 12.0. The molecule has 0 aromatic rings. The highest BCUT2D eigenvalue weighted by atomic mass is 16.5. The molecule has 1 aliphatic heterocycles. The highest BCUT2D eigenvalue weighted by Gasteiger charge is 2.36. The number of nitrogens with one attached hydrogen (secondary N) is 2. The molecule has 0 bridgehead atoms. The van der Waals surface area contributed by atoms with Gasteiger partial charge in [-0.3, -0.25) is 4.79 Å². The zero-order valence-corrected chi connectivity index (χ0v) is 10.1. The Bertz CT molecular complexity index is 243. The van der Waals surface area contributed by atoms with Crippen molar-refractivity contribution in [3.63, 3.8) is 0 Å². The van der Waals surface area contributed by atoms with Gasteiger partial charge in [0.15, 0.2) is 0 Å². The fourth-order valence-electron chi connectivity index (χ4n) is 2.56. The van der Waals surface area contributed by atoms with Crippen molar-refractivity contribution < 1.29 is 9.53 Å². The third-order valence-electron chi connectivity index (χ3n) is 3.76. The summed E-state index contributed by atoms with van der Waals surface area (Å²) >= 11 is 0. The Hall–Kier alpha value is -0.610. The van der Waals surface area contributed by atoms with Crippen molar-refractivity contribution >= 4 is 5.91 Å². The van der Waals surface area contributed by atoms with Crippen LogP contribution >= 0.6 is 0 Å². The van der Waals surface area contributed by atoms with Crippen molar-refractivity contribution in [3.05, 3.63) is 0 Å². The van der Waals surface area contributed by atoms with Crippen molar-refractivity contribution in [2.45, 2.75) is 38.6 Å². The first-order valence-electron chi connectivity index (χ1n) is 6.30. The molecule has 2 aliphatic rings. The average Bonchev–Trinajstić information content (AvgIpc) is 2.76. The molecular formula is C12H22N2O2. The summed E-state index contributed by atoms with van der Waals surface area (Å²) in [5.74, 6) is 0.220. The maximum Gasteiger partial charge on any atom is 0.225 e. The molecule has 4 nitrogen and oxygen atoms in total. The molecule has 0 aromatic heterocycles. The summed E-state index contributed by atoms with van der Waals surface area (Å²) in [7, 11) is 0. The van der Waals surface area contributed by atoms with Gasteiger partial charge in [0.2, 0.25) is 5.91 Å². The molecule has 2 rings (SSSR count). The first kappa shape index (κ1) is 11.9. The van der Waals surface area contributed by atoms with E-state index < -0.39 is 0 Å². The summed E-state index contributed by atoms with van der Waals surface area (Å²) in [5, 5.41) is 6.39. The van der Waals surface area contributed by atoms with Gasteiger partial charge in [-0.05, 0) is 12.8 Å². The normalized spacial score (nSPS) is 28.9. The van der Waals surface area contributed by atoms with E-state index in [-0.39, 0.29) is 17.4 Å². The average molecular weight is 226 g/mol. The number of ether oxygens (including phenoxy) is 1. The minimum absolute atomic E-state index is 0.116. The van der Waals surface area contributed by atoms with Crippen LogP contribution in [0.25, 0.3) is 0 Å². The Kier molecular flexibility index (Phi) is 3.82. The van der Waals surface area contributed by atoms with Crippen molar-refractivity contribution in [3.8, 4) is 0 Å². The molecule has 1 aliphatic carbocycles. The number of hydrogen-bond donors (Lipinski definition) is 2. The van der Waals surface area contributed by atoms with Gasteiger partial charge in [0.1, 0.15) is 0 Å². The van der Waals surface area contributed by atoms with Gasteiger partial charge in [-0.2, -0.15) is 0 Å². The molecule has 2 fully saturated rings. The van der Waals surface area contributed by atoms with Crippen LogP contribution in [0.4, 0.5) is 0 Å². The Morgan fingerprint density at radius 1 is 1.50 bits per heavy atom. The molecule has 16 heavy (non-hydrogen) atoms. The van der Waals surface area contributed by atoms with Crippen LogP contribution in [0.1, 0.15) is 32.6 Å². The third-order valence-corrected chi connectivity index (χ3v) is 3.76. The van der Waals surface area contributed by atoms with E-state index in [2.05, 4.69) is 17.6 Å². The predicted molar refractivity (Wildman–Crippen MR) is 62.2 cm³/mol. The van der Waals surface area contributed by atoms with Gasteiger partial charge in [-0.15, -0.1) is 0 Å². The van der Waals surface area contributed by atoms with E-state index in [1.54, 1.807) is 0 Å². The summed E-state index contributed by atoms with van der Waals surface area (Å²) in [6, 6.07) is 0.280. The van der Waals surface area contributed by atoms with Gasteiger partial charge in [0.05, 0.1) is 13.2 Å². The van der Waals surface area contributed by atoms with Crippen LogP contribution in [0.5, 0.6) is 0 Å². The number of hydrogen-bond acceptors (Lipinski definition) is 3. The summed E-state index contributed by atoms with van der Waals surface area (Å²) < 4.78 is 5.35. The molecular weight excluding hydrogens is 204 g/mol. The Morgan fingerprint density at radius 3 is 2.88 bits per heavy atom. The predicted octanol–water partition coefficient (Wildman–Crippen LogP) is 0.671. The summed E-state index contributed by atoms with van der Waals surface area (Å²) in [5.41, 5.74) is -0.116. The second-order valence-corrected chi connectivity index (χ2v) is 5.20. The fourth-order valence-corrected chi connectivity index (χ4v) is 2.56. The first-order chi connectivity index (χ1) is 7.71. The number of carbonyl (C=O) groups excluding carboxylic acids is 1. The largest absolute Gasteiger partial charge is 0.378 e. The van der Waals surface area contributed by atoms with Crippen LogP contribution in [-0.2, 0) is 9.53 Å². The highest BCUT2D eigenvalue weighted by molar-refractivity contribution is 5.82. The molecule has 1 heterocycles. The topological polar surface area (TPSA) is 50.4 Å². The quantitative estimate of drug-likeness (QED) is 0.743. The second-order valence-electron chi connectivity index (χ2n) is 5.20. The van der Waals surface area contributed by atoms with Crippen LogP contribution in [0, 0.1) is 5.41 Å². The van der Waals surface area contributed by atoms with Gasteiger partial charge >= 0.3 is 0 Å². The molecule has 0 radical (unpaired) electrons. The zero-order valence-electron chi connectivity index (χ0n) is 10.1. The summed E-state index contributed by atoms with van der Waals surface area (Å²) in [6.07, 6.45) is 4.45. The minimum Gasteiger partial charge on any atom is -0.378 e. The SMILES string of the molecule is CC1(C(=O)NCC2COCCN2)CCCC1. The monoisotopic (exact) mass is 226 g/mol. The Balaban J connectivity index is 1.74. The lowest BCUT2D eigenvalue weighted by molar-refractivity contribution is -0.130. The number of rotatable bonds is 3. The van der Waals surface area contributed by atoms with E-state index in [0.717, 1.165) is 26.0 Å². The summed E-state index contributed by atoms with van der Waals surface area (Å²) in [6.45, 7) is 5.14. The van der Waals surface area contributed by atoms with Crippen molar-refractivity contribution in [2.24, 2.45) is 5.41 Å². The number of carbonyl (C=O) groups is 1. The molecule has 1 atom stereocenters. The lowest BCUT2D eigenvalue weighted by Crippen LogP contribution is -2.50. The molecule has 1 saturated carbocycles. The maximum absolute atomic E-state index is 12.0. The molecule has 1 unspecified atom stereocenters. The third kappa shape index (κ3) is 2.74. The van der Waals surface area contributed by atoms with Crippen LogP contribution in [-0.4, -0.2) is 38.3 Å². The van der Waals surface area contributed by atoms with E-state index in [9.17, 15) is 4.79 Å². The molecule has 1 saturated heterocycles. The van der Waals surface area contributed by atoms with Crippen LogP contribution < -0.4 is 10.6 Å². The first-order valence-corrected chi connectivity index (χ1v) is 6.30. The van der Waals surface area contributed by atoms with Crippen molar-refractivity contribution in [2.75, 3.05) is 26.3 Å². The van der Waals surface area contributed by atoms with E-state index in [4.69, 9.17) is 4.74 Å². The van der Waals surface area contributed by atoms with E-state index in [0.29, 0.717) is 13.2 Å². The second kappa shape index (κ2) is 5.15. The highest BCUT2D eigenvalue weighted by Crippen LogP contribution is 2.37. The van der Waals surface area contributed by atoms with Gasteiger partial charge in [-0.1, -0.05) is 19.8 Å². The standard InChI is InChI=1S/C12H22N2O2/c1-12(4-2-3-5-12)11(15)14-8-10-9-16-7-6-13-10/h10,13H,2-9H2,1H3,(H,14,15). The lowest BCUT2D eigenvalue weighted by Gasteiger charge is -2.27. The van der Waals surface area contributed by atoms with E-state index >= 15 is 0 Å². The van der Waals surface area contributed by atoms with Crippen LogP contribution in [0.3, 0.4) is 0 Å². The van der Waals surface area contributed by atoms with Gasteiger partial charge in [-0.25, -0.2) is 0 Å². The zero-order chi connectivity index (χ0) is 11.4. The Morgan fingerprint density at radius 2 is 2.25 bits per heavy atom. The van der Waals surface area contributed by atoms with Gasteiger partial charge in [0.25, 0.3) is 0 Å². The molecule has 92 valence electrons. The molecule has 0 aromatic carbocycles. The van der Waals surface area contributed by atoms with Crippen molar-refractivity contribution in [1.82, 2.24) is 10.6 Å². The number of amides is 1. The van der Waals surface area contributed by atoms with Crippen LogP contribution in [0.2, 0.25) is 0 Å². The van der Waals surface area contributed by atoms with E-state index in [1.165, 1.54) is 12.8 Å². The van der Waals surface area contributed by atoms with E-state index in [1.807, 2.05) is 0 Å². The maximum atomic E-state index is 12.0. The number of morpholine rings is 1. The van der Waals surface area contributed by atoms with Gasteiger partial charge in [0, 0.05) is 24.5 Å². The molecule has 2 N–H and O–H groups in total. The fraction of sp³-hybridized carbons (Fsp3) is 0.917. The molecule has 0 spiro atoms. The van der Waals surface area contributed by atoms with Crippen molar-refractivity contribution in [1.29, 1.82) is 0 Å². The Labute approximate surface area is 97.1 Å². The minimum atomic E-state index is -0.116. The molecule has 4 heteroatoms. The lowest BCUT2D eigenvalue weighted by atomic mass is 9.88. The molecule has 1 amide bonds. The smallest absolute Gasteiger partial charge is 0.225 e. The van der Waals surface area contributed by atoms with Gasteiger partial charge < -0.3 is 15.4 Å². The van der Waals surface area contributed by atoms with Crippen LogP contribution in [0.15, 0.2) is 0 Å².